The first kappa shape index (κ1) is 14.1. The maximum absolute atomic E-state index is 6.14. The van der Waals surface area contributed by atoms with E-state index in [-0.39, 0.29) is 0 Å². The molecule has 2 aliphatic rings. The van der Waals surface area contributed by atoms with E-state index in [9.17, 15) is 0 Å². The summed E-state index contributed by atoms with van der Waals surface area (Å²) in [6.07, 6.45) is 1.59. The smallest absolute Gasteiger partial charge is 0.136 e. The molecule has 6 heteroatoms. The standard InChI is InChI=1S/C14H18ClNO4/c1-17-6-7-19-11-8-12(15)16-13-10(11)2-4-20-14(13)3-5-18-9-14/h8H,2-7,9H2,1H3. The van der Waals surface area contributed by atoms with Crippen LogP contribution < -0.4 is 4.74 Å². The van der Waals surface area contributed by atoms with E-state index < -0.39 is 5.60 Å². The number of rotatable bonds is 4. The number of hydrogen-bond donors (Lipinski definition) is 0. The van der Waals surface area contributed by atoms with Crippen molar-refractivity contribution in [2.24, 2.45) is 0 Å². The van der Waals surface area contributed by atoms with E-state index in [0.717, 1.165) is 29.8 Å². The highest BCUT2D eigenvalue weighted by molar-refractivity contribution is 6.29. The summed E-state index contributed by atoms with van der Waals surface area (Å²) in [6.45, 7) is 2.91. The fraction of sp³-hybridized carbons (Fsp3) is 0.643. The van der Waals surface area contributed by atoms with Gasteiger partial charge >= 0.3 is 0 Å². The molecular formula is C14H18ClNO4. The number of halogens is 1. The Hall–Kier alpha value is -0.880. The molecule has 1 unspecified atom stereocenters. The fourth-order valence-electron chi connectivity index (χ4n) is 2.76. The van der Waals surface area contributed by atoms with Crippen molar-refractivity contribution in [3.63, 3.8) is 0 Å². The number of pyridine rings is 1. The summed E-state index contributed by atoms with van der Waals surface area (Å²) in [6, 6.07) is 1.77. The molecule has 3 rings (SSSR count). The van der Waals surface area contributed by atoms with Crippen LogP contribution in [0.3, 0.4) is 0 Å². The summed E-state index contributed by atoms with van der Waals surface area (Å²) >= 11 is 6.14. The molecule has 0 aromatic carbocycles. The molecule has 0 bridgehead atoms. The van der Waals surface area contributed by atoms with Crippen molar-refractivity contribution in [3.05, 3.63) is 22.5 Å². The molecule has 3 heterocycles. The molecule has 1 saturated heterocycles. The Labute approximate surface area is 123 Å². The van der Waals surface area contributed by atoms with E-state index >= 15 is 0 Å². The zero-order chi connectivity index (χ0) is 14.0. The van der Waals surface area contributed by atoms with Gasteiger partial charge in [-0.3, -0.25) is 0 Å². The fourth-order valence-corrected chi connectivity index (χ4v) is 2.95. The van der Waals surface area contributed by atoms with Gasteiger partial charge in [0.25, 0.3) is 0 Å². The van der Waals surface area contributed by atoms with Gasteiger partial charge in [-0.15, -0.1) is 0 Å². The second-order valence-electron chi connectivity index (χ2n) is 5.01. The van der Waals surface area contributed by atoms with Gasteiger partial charge in [-0.05, 0) is 0 Å². The average molecular weight is 300 g/mol. The van der Waals surface area contributed by atoms with Crippen molar-refractivity contribution >= 4 is 11.6 Å². The van der Waals surface area contributed by atoms with Crippen LogP contribution in [0.15, 0.2) is 6.07 Å². The van der Waals surface area contributed by atoms with E-state index in [4.69, 9.17) is 30.5 Å². The van der Waals surface area contributed by atoms with Crippen LogP contribution in [0.1, 0.15) is 17.7 Å². The molecule has 0 radical (unpaired) electrons. The summed E-state index contributed by atoms with van der Waals surface area (Å²) in [4.78, 5) is 4.49. The minimum Gasteiger partial charge on any atom is -0.491 e. The normalized spacial score (nSPS) is 24.9. The molecule has 0 amide bonds. The SMILES string of the molecule is COCCOc1cc(Cl)nc2c1CCOC21CCOC1. The molecule has 0 aliphatic carbocycles. The molecule has 1 atom stereocenters. The molecule has 1 fully saturated rings. The van der Waals surface area contributed by atoms with Crippen molar-refractivity contribution < 1.29 is 18.9 Å². The maximum atomic E-state index is 6.14. The highest BCUT2D eigenvalue weighted by Gasteiger charge is 2.44. The maximum Gasteiger partial charge on any atom is 0.136 e. The van der Waals surface area contributed by atoms with Crippen molar-refractivity contribution in [3.8, 4) is 5.75 Å². The Morgan fingerprint density at radius 3 is 3.05 bits per heavy atom. The first-order chi connectivity index (χ1) is 9.75. The van der Waals surface area contributed by atoms with E-state index in [2.05, 4.69) is 4.98 Å². The molecule has 0 saturated carbocycles. The molecule has 2 aliphatic heterocycles. The molecule has 20 heavy (non-hydrogen) atoms. The molecule has 1 aromatic rings. The summed E-state index contributed by atoms with van der Waals surface area (Å²) in [5.41, 5.74) is 1.51. The van der Waals surface area contributed by atoms with Gasteiger partial charge in [-0.2, -0.15) is 0 Å². The number of aromatic nitrogens is 1. The van der Waals surface area contributed by atoms with Gasteiger partial charge in [0.1, 0.15) is 23.1 Å². The Morgan fingerprint density at radius 1 is 1.40 bits per heavy atom. The molecule has 5 nitrogen and oxygen atoms in total. The van der Waals surface area contributed by atoms with E-state index in [0.29, 0.717) is 38.2 Å². The zero-order valence-electron chi connectivity index (χ0n) is 11.5. The third-order valence-corrected chi connectivity index (χ3v) is 3.94. The minimum atomic E-state index is -0.447. The highest BCUT2D eigenvalue weighted by atomic mass is 35.5. The van der Waals surface area contributed by atoms with E-state index in [1.807, 2.05) is 0 Å². The molecule has 1 aromatic heterocycles. The van der Waals surface area contributed by atoms with Crippen LogP contribution in [-0.4, -0.2) is 45.1 Å². The number of nitrogens with zero attached hydrogens (tertiary/aromatic N) is 1. The van der Waals surface area contributed by atoms with E-state index in [1.165, 1.54) is 0 Å². The van der Waals surface area contributed by atoms with Crippen LogP contribution in [0.5, 0.6) is 5.75 Å². The highest BCUT2D eigenvalue weighted by Crippen LogP contribution is 2.42. The largest absolute Gasteiger partial charge is 0.491 e. The van der Waals surface area contributed by atoms with Gasteiger partial charge in [0.15, 0.2) is 0 Å². The predicted molar refractivity (Wildman–Crippen MR) is 73.4 cm³/mol. The molecule has 110 valence electrons. The summed E-state index contributed by atoms with van der Waals surface area (Å²) in [7, 11) is 1.65. The van der Waals surface area contributed by atoms with E-state index in [1.54, 1.807) is 13.2 Å². The van der Waals surface area contributed by atoms with Crippen LogP contribution in [0, 0.1) is 0 Å². The van der Waals surface area contributed by atoms with Gasteiger partial charge in [0.2, 0.25) is 0 Å². The lowest BCUT2D eigenvalue weighted by Gasteiger charge is -2.34. The Bertz CT molecular complexity index is 488. The minimum absolute atomic E-state index is 0.424. The number of methoxy groups -OCH3 is 1. The van der Waals surface area contributed by atoms with Crippen LogP contribution in [0.2, 0.25) is 5.15 Å². The lowest BCUT2D eigenvalue weighted by atomic mass is 9.90. The van der Waals surface area contributed by atoms with Gasteiger partial charge in [0, 0.05) is 38.2 Å². The Kier molecular flexibility index (Phi) is 4.12. The molecule has 1 spiro atoms. The third-order valence-electron chi connectivity index (χ3n) is 3.74. The lowest BCUT2D eigenvalue weighted by Crippen LogP contribution is -2.37. The van der Waals surface area contributed by atoms with Gasteiger partial charge < -0.3 is 18.9 Å². The summed E-state index contributed by atoms with van der Waals surface area (Å²) < 4.78 is 22.3. The Morgan fingerprint density at radius 2 is 2.30 bits per heavy atom. The average Bonchev–Trinajstić information content (AvgIpc) is 2.90. The first-order valence-corrected chi connectivity index (χ1v) is 7.16. The predicted octanol–water partition coefficient (Wildman–Crippen LogP) is 1.95. The summed E-state index contributed by atoms with van der Waals surface area (Å²) in [5.74, 6) is 0.784. The molecule has 0 N–H and O–H groups in total. The topological polar surface area (TPSA) is 49.8 Å². The zero-order valence-corrected chi connectivity index (χ0v) is 12.2. The molecular weight excluding hydrogens is 282 g/mol. The lowest BCUT2D eigenvalue weighted by molar-refractivity contribution is -0.0670. The van der Waals surface area contributed by atoms with Crippen LogP contribution in [-0.2, 0) is 26.2 Å². The van der Waals surface area contributed by atoms with Gasteiger partial charge in [-0.1, -0.05) is 11.6 Å². The van der Waals surface area contributed by atoms with Crippen molar-refractivity contribution in [1.82, 2.24) is 4.98 Å². The third kappa shape index (κ3) is 2.51. The number of ether oxygens (including phenoxy) is 4. The second-order valence-corrected chi connectivity index (χ2v) is 5.39. The monoisotopic (exact) mass is 299 g/mol. The first-order valence-electron chi connectivity index (χ1n) is 6.78. The van der Waals surface area contributed by atoms with Crippen LogP contribution in [0.4, 0.5) is 0 Å². The van der Waals surface area contributed by atoms with Crippen molar-refractivity contribution in [1.29, 1.82) is 0 Å². The van der Waals surface area contributed by atoms with Crippen LogP contribution in [0.25, 0.3) is 0 Å². The summed E-state index contributed by atoms with van der Waals surface area (Å²) in [5, 5.41) is 0.424. The van der Waals surface area contributed by atoms with Crippen LogP contribution >= 0.6 is 11.6 Å². The quantitative estimate of drug-likeness (QED) is 0.628. The number of fused-ring (bicyclic) bond motifs is 2. The second kappa shape index (κ2) is 5.85. The Balaban J connectivity index is 1.95. The van der Waals surface area contributed by atoms with Gasteiger partial charge in [0.05, 0.1) is 25.5 Å². The van der Waals surface area contributed by atoms with Crippen molar-refractivity contribution in [2.75, 3.05) is 40.1 Å². The van der Waals surface area contributed by atoms with Gasteiger partial charge in [-0.25, -0.2) is 4.98 Å². The number of hydrogen-bond acceptors (Lipinski definition) is 5. The van der Waals surface area contributed by atoms with Crippen molar-refractivity contribution in [2.45, 2.75) is 18.4 Å².